The van der Waals surface area contributed by atoms with Gasteiger partial charge in [-0.2, -0.15) is 0 Å². The Labute approximate surface area is 191 Å². The van der Waals surface area contributed by atoms with Gasteiger partial charge in [0.1, 0.15) is 0 Å². The zero-order valence-electron chi connectivity index (χ0n) is 17.8. The van der Waals surface area contributed by atoms with Crippen LogP contribution in [0.15, 0.2) is 23.2 Å². The minimum Gasteiger partial charge on any atom is -0.356 e. The van der Waals surface area contributed by atoms with E-state index in [4.69, 9.17) is 11.6 Å². The second-order valence-corrected chi connectivity index (χ2v) is 7.47. The topological polar surface area (TPSA) is 68.8 Å². The van der Waals surface area contributed by atoms with Crippen molar-refractivity contribution in [3.05, 3.63) is 28.8 Å². The summed E-state index contributed by atoms with van der Waals surface area (Å²) in [6.45, 7) is 12.9. The average Bonchev–Trinajstić information content (AvgIpc) is 2.60. The summed E-state index contributed by atoms with van der Waals surface area (Å²) in [5, 5.41) is 10.0. The van der Waals surface area contributed by atoms with E-state index in [1.54, 1.807) is 7.05 Å². The monoisotopic (exact) mass is 523 g/mol. The number of halogens is 2. The van der Waals surface area contributed by atoms with Gasteiger partial charge in [0, 0.05) is 55.9 Å². The van der Waals surface area contributed by atoms with Gasteiger partial charge in [-0.1, -0.05) is 17.7 Å². The average molecular weight is 524 g/mol. The predicted molar refractivity (Wildman–Crippen MR) is 131 cm³/mol. The third-order valence-electron chi connectivity index (χ3n) is 4.40. The van der Waals surface area contributed by atoms with E-state index in [1.807, 2.05) is 25.1 Å². The first-order valence-corrected chi connectivity index (χ1v) is 9.89. The van der Waals surface area contributed by atoms with E-state index in [1.165, 1.54) is 0 Å². The Balaban J connectivity index is 0.00000729. The largest absolute Gasteiger partial charge is 0.356 e. The summed E-state index contributed by atoms with van der Waals surface area (Å²) in [6.07, 6.45) is 0.344. The molecule has 0 heterocycles. The van der Waals surface area contributed by atoms with Gasteiger partial charge in [-0.3, -0.25) is 14.7 Å². The number of guanidine groups is 1. The maximum atomic E-state index is 12.1. The van der Waals surface area contributed by atoms with Crippen molar-refractivity contribution in [2.75, 3.05) is 32.0 Å². The van der Waals surface area contributed by atoms with Gasteiger partial charge in [0.05, 0.1) is 0 Å². The molecule has 0 atom stereocenters. The van der Waals surface area contributed by atoms with Crippen molar-refractivity contribution in [1.82, 2.24) is 15.5 Å². The lowest BCUT2D eigenvalue weighted by Crippen LogP contribution is -2.45. The fourth-order valence-electron chi connectivity index (χ4n) is 2.89. The Morgan fingerprint density at radius 3 is 2.32 bits per heavy atom. The van der Waals surface area contributed by atoms with Gasteiger partial charge < -0.3 is 16.0 Å². The van der Waals surface area contributed by atoms with Crippen molar-refractivity contribution in [1.29, 1.82) is 0 Å². The molecule has 0 saturated carbocycles. The highest BCUT2D eigenvalue weighted by Gasteiger charge is 2.13. The standard InChI is InChI=1S/C20H34ClN5O.HI/c1-14(2)26(15(3)4)13-12-24-20(22-6)23-11-10-19(27)25-18-9-7-8-17(21)16(18)5;/h7-9,14-15H,10-13H2,1-6H3,(H,25,27)(H2,22,23,24);1H. The molecule has 0 aromatic heterocycles. The number of carbonyl (C=O) groups is 1. The number of hydrogen-bond donors (Lipinski definition) is 3. The van der Waals surface area contributed by atoms with Crippen LogP contribution in [0.25, 0.3) is 0 Å². The van der Waals surface area contributed by atoms with Crippen molar-refractivity contribution in [3.8, 4) is 0 Å². The molecule has 1 amide bonds. The maximum absolute atomic E-state index is 12.1. The minimum absolute atomic E-state index is 0. The van der Waals surface area contributed by atoms with Crippen LogP contribution in [0.4, 0.5) is 5.69 Å². The molecule has 0 bridgehead atoms. The van der Waals surface area contributed by atoms with Crippen LogP contribution in [-0.4, -0.2) is 55.5 Å². The fraction of sp³-hybridized carbons (Fsp3) is 0.600. The van der Waals surface area contributed by atoms with Crippen LogP contribution in [0, 0.1) is 6.92 Å². The first-order valence-electron chi connectivity index (χ1n) is 9.51. The number of benzene rings is 1. The molecule has 1 rings (SSSR count). The third kappa shape index (κ3) is 9.43. The second kappa shape index (κ2) is 14.0. The molecule has 0 saturated heterocycles. The van der Waals surface area contributed by atoms with Crippen molar-refractivity contribution in [3.63, 3.8) is 0 Å². The van der Waals surface area contributed by atoms with Gasteiger partial charge in [-0.15, -0.1) is 24.0 Å². The third-order valence-corrected chi connectivity index (χ3v) is 4.81. The zero-order valence-corrected chi connectivity index (χ0v) is 20.9. The quantitative estimate of drug-likeness (QED) is 0.261. The maximum Gasteiger partial charge on any atom is 0.226 e. The molecule has 160 valence electrons. The lowest BCUT2D eigenvalue weighted by molar-refractivity contribution is -0.116. The SMILES string of the molecule is CN=C(NCCC(=O)Nc1cccc(Cl)c1C)NCCN(C(C)C)C(C)C.I. The summed E-state index contributed by atoms with van der Waals surface area (Å²) in [7, 11) is 1.73. The molecule has 8 heteroatoms. The molecule has 0 radical (unpaired) electrons. The number of nitrogens with zero attached hydrogens (tertiary/aromatic N) is 2. The Morgan fingerprint density at radius 2 is 1.75 bits per heavy atom. The molecule has 0 spiro atoms. The van der Waals surface area contributed by atoms with E-state index in [0.29, 0.717) is 36.0 Å². The first-order chi connectivity index (χ1) is 12.8. The van der Waals surface area contributed by atoms with Crippen molar-refractivity contribution < 1.29 is 4.79 Å². The van der Waals surface area contributed by atoms with E-state index < -0.39 is 0 Å². The van der Waals surface area contributed by atoms with Crippen LogP contribution in [0.2, 0.25) is 5.02 Å². The van der Waals surface area contributed by atoms with Gasteiger partial charge in [0.15, 0.2) is 5.96 Å². The minimum atomic E-state index is -0.0610. The lowest BCUT2D eigenvalue weighted by atomic mass is 10.2. The number of carbonyl (C=O) groups excluding carboxylic acids is 1. The van der Waals surface area contributed by atoms with E-state index in [2.05, 4.69) is 53.5 Å². The highest BCUT2D eigenvalue weighted by atomic mass is 127. The summed E-state index contributed by atoms with van der Waals surface area (Å²) >= 11 is 6.08. The summed E-state index contributed by atoms with van der Waals surface area (Å²) in [5.74, 6) is 0.642. The molecule has 0 fully saturated rings. The van der Waals surface area contributed by atoms with Crippen molar-refractivity contribution in [2.45, 2.75) is 53.1 Å². The van der Waals surface area contributed by atoms with E-state index in [-0.39, 0.29) is 29.9 Å². The summed E-state index contributed by atoms with van der Waals surface area (Å²) < 4.78 is 0. The molecule has 3 N–H and O–H groups in total. The van der Waals surface area contributed by atoms with Crippen LogP contribution in [0.3, 0.4) is 0 Å². The van der Waals surface area contributed by atoms with Gasteiger partial charge in [0.25, 0.3) is 0 Å². The van der Waals surface area contributed by atoms with Crippen LogP contribution in [0.1, 0.15) is 39.7 Å². The fourth-order valence-corrected chi connectivity index (χ4v) is 3.06. The Bertz CT molecular complexity index is 629. The Kier molecular flexibility index (Phi) is 13.5. The van der Waals surface area contributed by atoms with Crippen LogP contribution >= 0.6 is 35.6 Å². The number of amides is 1. The number of aliphatic imine (C=N–C) groups is 1. The van der Waals surface area contributed by atoms with E-state index in [0.717, 1.165) is 24.3 Å². The normalized spacial score (nSPS) is 11.6. The number of anilines is 1. The Hall–Kier alpha value is -1.06. The Morgan fingerprint density at radius 1 is 1.14 bits per heavy atom. The van der Waals surface area contributed by atoms with Gasteiger partial charge in [-0.25, -0.2) is 0 Å². The number of hydrogen-bond acceptors (Lipinski definition) is 3. The van der Waals surface area contributed by atoms with E-state index >= 15 is 0 Å². The highest BCUT2D eigenvalue weighted by Crippen LogP contribution is 2.22. The summed E-state index contributed by atoms with van der Waals surface area (Å²) in [4.78, 5) is 18.8. The first kappa shape index (κ1) is 26.9. The molecule has 1 aromatic carbocycles. The number of rotatable bonds is 9. The molecule has 0 aliphatic heterocycles. The molecule has 0 unspecified atom stereocenters. The molecule has 6 nitrogen and oxygen atoms in total. The number of nitrogens with one attached hydrogen (secondary N) is 3. The molecule has 1 aromatic rings. The zero-order chi connectivity index (χ0) is 20.4. The van der Waals surface area contributed by atoms with E-state index in [9.17, 15) is 4.79 Å². The lowest BCUT2D eigenvalue weighted by Gasteiger charge is -2.30. The summed E-state index contributed by atoms with van der Waals surface area (Å²) in [5.41, 5.74) is 1.62. The predicted octanol–water partition coefficient (Wildman–Crippen LogP) is 3.88. The molecular weight excluding hydrogens is 489 g/mol. The smallest absolute Gasteiger partial charge is 0.226 e. The summed E-state index contributed by atoms with van der Waals surface area (Å²) in [6, 6.07) is 6.49. The van der Waals surface area contributed by atoms with Gasteiger partial charge in [-0.05, 0) is 52.3 Å². The molecule has 0 aliphatic rings. The van der Waals surface area contributed by atoms with Gasteiger partial charge >= 0.3 is 0 Å². The van der Waals surface area contributed by atoms with Gasteiger partial charge in [0.2, 0.25) is 5.91 Å². The van der Waals surface area contributed by atoms with Crippen molar-refractivity contribution >= 4 is 53.1 Å². The highest BCUT2D eigenvalue weighted by molar-refractivity contribution is 14.0. The van der Waals surface area contributed by atoms with Crippen LogP contribution in [0.5, 0.6) is 0 Å². The second-order valence-electron chi connectivity index (χ2n) is 7.06. The van der Waals surface area contributed by atoms with Crippen LogP contribution < -0.4 is 16.0 Å². The van der Waals surface area contributed by atoms with Crippen LogP contribution in [-0.2, 0) is 4.79 Å². The molecular formula is C20H35ClIN5O. The molecule has 28 heavy (non-hydrogen) atoms. The van der Waals surface area contributed by atoms with Crippen molar-refractivity contribution in [2.24, 2.45) is 4.99 Å². The molecule has 0 aliphatic carbocycles.